The molecule has 1 atom stereocenters. The summed E-state index contributed by atoms with van der Waals surface area (Å²) in [6, 6.07) is 6.74. The second-order valence-electron chi connectivity index (χ2n) is 6.65. The third-order valence-electron chi connectivity index (χ3n) is 4.27. The molecule has 27 heavy (non-hydrogen) atoms. The summed E-state index contributed by atoms with van der Waals surface area (Å²) < 4.78 is 0. The van der Waals surface area contributed by atoms with Crippen molar-refractivity contribution in [2.45, 2.75) is 39.8 Å². The monoisotopic (exact) mass is 489 g/mol. The van der Waals surface area contributed by atoms with Crippen LogP contribution in [0.4, 0.5) is 5.69 Å². The summed E-state index contributed by atoms with van der Waals surface area (Å²) in [7, 11) is 0. The number of amides is 1. The Kier molecular flexibility index (Phi) is 9.47. The van der Waals surface area contributed by atoms with Gasteiger partial charge in [-0.2, -0.15) is 0 Å². The predicted molar refractivity (Wildman–Crippen MR) is 116 cm³/mol. The molecule has 0 spiro atoms. The van der Waals surface area contributed by atoms with Crippen molar-refractivity contribution in [2.24, 2.45) is 10.9 Å². The lowest BCUT2D eigenvalue weighted by atomic mass is 10.2. The Morgan fingerprint density at radius 3 is 2.74 bits per heavy atom. The number of rotatable bonds is 6. The molecule has 1 aromatic carbocycles. The molecule has 0 bridgehead atoms. The molecule has 1 heterocycles. The molecule has 150 valence electrons. The van der Waals surface area contributed by atoms with Crippen LogP contribution in [0.5, 0.6) is 0 Å². The number of carbonyl (C=O) groups is 1. The van der Waals surface area contributed by atoms with E-state index in [0.717, 1.165) is 13.0 Å². The van der Waals surface area contributed by atoms with Crippen LogP contribution in [0.25, 0.3) is 0 Å². The Balaban J connectivity index is 0.00000364. The van der Waals surface area contributed by atoms with Crippen molar-refractivity contribution in [3.63, 3.8) is 0 Å². The quantitative estimate of drug-likeness (QED) is 0.210. The second-order valence-corrected chi connectivity index (χ2v) is 6.65. The Morgan fingerprint density at radius 1 is 1.41 bits per heavy atom. The SMILES string of the molecule is CCNC(=NCc1ccccc1[N+](=O)[O-])NC1CCN(C(=O)C(C)C)C1.I. The van der Waals surface area contributed by atoms with E-state index in [2.05, 4.69) is 15.6 Å². The lowest BCUT2D eigenvalue weighted by molar-refractivity contribution is -0.385. The summed E-state index contributed by atoms with van der Waals surface area (Å²) in [5.41, 5.74) is 0.638. The summed E-state index contributed by atoms with van der Waals surface area (Å²) in [4.78, 5) is 29.2. The number of aliphatic imine (C=N–C) groups is 1. The first-order valence-electron chi connectivity index (χ1n) is 8.98. The van der Waals surface area contributed by atoms with Crippen LogP contribution in [0.3, 0.4) is 0 Å². The number of carbonyl (C=O) groups excluding carboxylic acids is 1. The van der Waals surface area contributed by atoms with E-state index in [-0.39, 0.29) is 54.1 Å². The first kappa shape index (κ1) is 23.1. The number of guanidine groups is 1. The fourth-order valence-corrected chi connectivity index (χ4v) is 2.94. The van der Waals surface area contributed by atoms with E-state index in [1.54, 1.807) is 18.2 Å². The molecule has 0 saturated carbocycles. The van der Waals surface area contributed by atoms with Crippen molar-refractivity contribution in [1.29, 1.82) is 0 Å². The van der Waals surface area contributed by atoms with E-state index in [1.165, 1.54) is 6.07 Å². The van der Waals surface area contributed by atoms with Gasteiger partial charge in [0.15, 0.2) is 5.96 Å². The molecule has 2 N–H and O–H groups in total. The van der Waals surface area contributed by atoms with Gasteiger partial charge in [-0.05, 0) is 13.3 Å². The van der Waals surface area contributed by atoms with Crippen LogP contribution in [0, 0.1) is 16.0 Å². The summed E-state index contributed by atoms with van der Waals surface area (Å²) in [6.07, 6.45) is 0.856. The van der Waals surface area contributed by atoms with Gasteiger partial charge in [-0.15, -0.1) is 24.0 Å². The molecule has 9 heteroatoms. The minimum absolute atomic E-state index is 0. The molecule has 2 rings (SSSR count). The van der Waals surface area contributed by atoms with Crippen molar-refractivity contribution < 1.29 is 9.72 Å². The fourth-order valence-electron chi connectivity index (χ4n) is 2.94. The smallest absolute Gasteiger partial charge is 0.274 e. The van der Waals surface area contributed by atoms with E-state index in [1.807, 2.05) is 25.7 Å². The molecule has 0 radical (unpaired) electrons. The first-order valence-corrected chi connectivity index (χ1v) is 8.98. The zero-order valence-electron chi connectivity index (χ0n) is 16.0. The van der Waals surface area contributed by atoms with Gasteiger partial charge in [0.25, 0.3) is 5.69 Å². The largest absolute Gasteiger partial charge is 0.357 e. The topological polar surface area (TPSA) is 99.9 Å². The van der Waals surface area contributed by atoms with Crippen molar-refractivity contribution in [1.82, 2.24) is 15.5 Å². The Labute approximate surface area is 177 Å². The number of benzene rings is 1. The van der Waals surface area contributed by atoms with Crippen LogP contribution in [0.1, 0.15) is 32.8 Å². The van der Waals surface area contributed by atoms with E-state index < -0.39 is 4.92 Å². The zero-order valence-corrected chi connectivity index (χ0v) is 18.3. The Bertz CT molecular complexity index is 681. The predicted octanol–water partition coefficient (Wildman–Crippen LogP) is 2.52. The number of hydrogen-bond donors (Lipinski definition) is 2. The van der Waals surface area contributed by atoms with Crippen LogP contribution < -0.4 is 10.6 Å². The maximum Gasteiger partial charge on any atom is 0.274 e. The van der Waals surface area contributed by atoms with Crippen molar-refractivity contribution in [3.05, 3.63) is 39.9 Å². The molecule has 1 saturated heterocycles. The van der Waals surface area contributed by atoms with Gasteiger partial charge in [0.2, 0.25) is 5.91 Å². The van der Waals surface area contributed by atoms with Gasteiger partial charge in [0.05, 0.1) is 17.0 Å². The first-order chi connectivity index (χ1) is 12.4. The normalized spacial score (nSPS) is 16.8. The molecule has 0 aromatic heterocycles. The number of halogens is 1. The number of nitro groups is 1. The standard InChI is InChI=1S/C18H27N5O3.HI/c1-4-19-18(20-11-14-7-5-6-8-16(14)23(25)26)21-15-9-10-22(12-15)17(24)13(2)3;/h5-8,13,15H,4,9-12H2,1-3H3,(H2,19,20,21);1H. The third-order valence-corrected chi connectivity index (χ3v) is 4.27. The summed E-state index contributed by atoms with van der Waals surface area (Å²) >= 11 is 0. The van der Waals surface area contributed by atoms with Gasteiger partial charge in [0, 0.05) is 37.7 Å². The highest BCUT2D eigenvalue weighted by Gasteiger charge is 2.28. The average Bonchev–Trinajstić information content (AvgIpc) is 3.07. The molecule has 1 aliphatic heterocycles. The van der Waals surface area contributed by atoms with E-state index in [9.17, 15) is 14.9 Å². The van der Waals surface area contributed by atoms with E-state index in [0.29, 0.717) is 24.6 Å². The Morgan fingerprint density at radius 2 is 2.11 bits per heavy atom. The van der Waals surface area contributed by atoms with Crippen LogP contribution in [-0.4, -0.2) is 47.4 Å². The summed E-state index contributed by atoms with van der Waals surface area (Å²) in [6.45, 7) is 8.05. The van der Waals surface area contributed by atoms with Gasteiger partial charge in [0.1, 0.15) is 0 Å². The minimum atomic E-state index is -0.391. The van der Waals surface area contributed by atoms with Gasteiger partial charge in [-0.3, -0.25) is 14.9 Å². The number of nitrogens with zero attached hydrogens (tertiary/aromatic N) is 3. The molecule has 0 aliphatic carbocycles. The van der Waals surface area contributed by atoms with Gasteiger partial charge >= 0.3 is 0 Å². The lowest BCUT2D eigenvalue weighted by Gasteiger charge is -2.20. The number of nitrogens with one attached hydrogen (secondary N) is 2. The highest BCUT2D eigenvalue weighted by atomic mass is 127. The summed E-state index contributed by atoms with van der Waals surface area (Å²) in [5, 5.41) is 17.6. The highest BCUT2D eigenvalue weighted by Crippen LogP contribution is 2.18. The zero-order chi connectivity index (χ0) is 19.1. The molecule has 1 amide bonds. The lowest BCUT2D eigenvalue weighted by Crippen LogP contribution is -2.45. The third kappa shape index (κ3) is 6.64. The van der Waals surface area contributed by atoms with Crippen molar-refractivity contribution in [2.75, 3.05) is 19.6 Å². The van der Waals surface area contributed by atoms with Crippen molar-refractivity contribution in [3.8, 4) is 0 Å². The molecule has 1 aliphatic rings. The number of likely N-dealkylation sites (tertiary alicyclic amines) is 1. The van der Waals surface area contributed by atoms with Gasteiger partial charge in [-0.25, -0.2) is 4.99 Å². The Hall–Kier alpha value is -1.91. The van der Waals surface area contributed by atoms with E-state index in [4.69, 9.17) is 0 Å². The van der Waals surface area contributed by atoms with Crippen molar-refractivity contribution >= 4 is 41.5 Å². The maximum absolute atomic E-state index is 12.1. The van der Waals surface area contributed by atoms with Crippen LogP contribution in [-0.2, 0) is 11.3 Å². The number of hydrogen-bond acceptors (Lipinski definition) is 4. The van der Waals surface area contributed by atoms with E-state index >= 15 is 0 Å². The molecule has 1 unspecified atom stereocenters. The molecular weight excluding hydrogens is 461 g/mol. The summed E-state index contributed by atoms with van der Waals surface area (Å²) in [5.74, 6) is 0.764. The molecule has 1 aromatic rings. The number of nitro benzene ring substituents is 1. The highest BCUT2D eigenvalue weighted by molar-refractivity contribution is 14.0. The second kappa shape index (κ2) is 11.1. The van der Waals surface area contributed by atoms with Gasteiger partial charge in [-0.1, -0.05) is 32.0 Å². The fraction of sp³-hybridized carbons (Fsp3) is 0.556. The molecule has 1 fully saturated rings. The van der Waals surface area contributed by atoms with Crippen LogP contribution in [0.2, 0.25) is 0 Å². The molecular formula is C18H28IN5O3. The van der Waals surface area contributed by atoms with Crippen LogP contribution in [0.15, 0.2) is 29.3 Å². The average molecular weight is 489 g/mol. The van der Waals surface area contributed by atoms with Crippen LogP contribution >= 0.6 is 24.0 Å². The molecule has 8 nitrogen and oxygen atoms in total. The number of para-hydroxylation sites is 1. The minimum Gasteiger partial charge on any atom is -0.357 e. The maximum atomic E-state index is 12.1. The van der Waals surface area contributed by atoms with Gasteiger partial charge < -0.3 is 15.5 Å².